The number of hydrogen-bond donors (Lipinski definition) is 0. The summed E-state index contributed by atoms with van der Waals surface area (Å²) in [6.45, 7) is 1.37. The Morgan fingerprint density at radius 2 is 2.10 bits per heavy atom. The Morgan fingerprint density at radius 1 is 1.35 bits per heavy atom. The molecule has 0 saturated heterocycles. The highest BCUT2D eigenvalue weighted by Crippen LogP contribution is 2.31. The van der Waals surface area contributed by atoms with Crippen LogP contribution in [0.2, 0.25) is 0 Å². The van der Waals surface area contributed by atoms with Crippen molar-refractivity contribution in [3.63, 3.8) is 0 Å². The Kier molecular flexibility index (Phi) is 3.69. The van der Waals surface area contributed by atoms with Gasteiger partial charge in [0, 0.05) is 17.8 Å². The largest absolute Gasteiger partial charge is 0.432 e. The molecule has 0 amide bonds. The number of nitrogens with zero attached hydrogens (tertiary/aromatic N) is 2. The first-order valence-corrected chi connectivity index (χ1v) is 5.56. The number of ether oxygens (including phenoxy) is 1. The highest BCUT2D eigenvalue weighted by Gasteiger charge is 2.17. The summed E-state index contributed by atoms with van der Waals surface area (Å²) in [6.07, 6.45) is 1.35. The van der Waals surface area contributed by atoms with E-state index in [0.717, 1.165) is 18.2 Å². The molecule has 0 aliphatic carbocycles. The topological polar surface area (TPSA) is 82.3 Å². The van der Waals surface area contributed by atoms with E-state index in [-0.39, 0.29) is 17.4 Å². The summed E-state index contributed by atoms with van der Waals surface area (Å²) >= 11 is 0. The van der Waals surface area contributed by atoms with Crippen molar-refractivity contribution < 1.29 is 18.8 Å². The molecule has 0 saturated carbocycles. The lowest BCUT2D eigenvalue weighted by Crippen LogP contribution is -1.97. The minimum Gasteiger partial charge on any atom is -0.432 e. The third-order valence-corrected chi connectivity index (χ3v) is 2.47. The summed E-state index contributed by atoms with van der Waals surface area (Å²) in [6, 6.07) is 5.78. The molecule has 2 aromatic rings. The van der Waals surface area contributed by atoms with Crippen LogP contribution in [0.4, 0.5) is 10.1 Å². The number of Topliss-reactive ketones (excluding diaryl/α,β-unsaturated/α-hetero) is 1. The van der Waals surface area contributed by atoms with Crippen LogP contribution in [0.5, 0.6) is 11.6 Å². The number of carbonyl (C=O) groups is 1. The molecule has 0 unspecified atom stereocenters. The number of hydrogen-bond acceptors (Lipinski definition) is 5. The van der Waals surface area contributed by atoms with Crippen molar-refractivity contribution in [2.75, 3.05) is 0 Å². The van der Waals surface area contributed by atoms with Crippen molar-refractivity contribution in [1.29, 1.82) is 0 Å². The number of benzene rings is 1. The lowest BCUT2D eigenvalue weighted by Gasteiger charge is -2.06. The number of halogens is 1. The quantitative estimate of drug-likeness (QED) is 0.486. The molecule has 20 heavy (non-hydrogen) atoms. The molecule has 0 spiro atoms. The van der Waals surface area contributed by atoms with Crippen LogP contribution in [-0.2, 0) is 0 Å². The Labute approximate surface area is 113 Å². The Bertz CT molecular complexity index is 688. The number of rotatable bonds is 4. The molecule has 0 atom stereocenters. The first kappa shape index (κ1) is 13.6. The first-order chi connectivity index (χ1) is 9.47. The zero-order valence-electron chi connectivity index (χ0n) is 10.4. The summed E-state index contributed by atoms with van der Waals surface area (Å²) in [7, 11) is 0. The maximum Gasteiger partial charge on any atom is 0.314 e. The van der Waals surface area contributed by atoms with Crippen LogP contribution in [0.25, 0.3) is 0 Å². The van der Waals surface area contributed by atoms with E-state index in [1.807, 2.05) is 0 Å². The van der Waals surface area contributed by atoms with Crippen LogP contribution < -0.4 is 4.74 Å². The molecule has 1 aromatic carbocycles. The number of aromatic nitrogens is 1. The van der Waals surface area contributed by atoms with Crippen LogP contribution in [0.3, 0.4) is 0 Å². The smallest absolute Gasteiger partial charge is 0.314 e. The van der Waals surface area contributed by atoms with Gasteiger partial charge in [-0.15, -0.1) is 0 Å². The average Bonchev–Trinajstić information content (AvgIpc) is 2.41. The predicted molar refractivity (Wildman–Crippen MR) is 67.4 cm³/mol. The second-order valence-corrected chi connectivity index (χ2v) is 3.91. The standard InChI is InChI=1S/C13H9FN2O4/c1-8(17)9-4-5-15-13(6-9)20-12-3-2-10(14)7-11(12)16(18)19/h2-7H,1H3. The van der Waals surface area contributed by atoms with E-state index in [2.05, 4.69) is 4.98 Å². The zero-order valence-corrected chi connectivity index (χ0v) is 10.4. The average molecular weight is 276 g/mol. The van der Waals surface area contributed by atoms with Gasteiger partial charge >= 0.3 is 5.69 Å². The predicted octanol–water partition coefficient (Wildman–Crippen LogP) is 3.12. The molecular weight excluding hydrogens is 267 g/mol. The molecule has 7 heteroatoms. The number of pyridine rings is 1. The van der Waals surface area contributed by atoms with Gasteiger partial charge < -0.3 is 4.74 Å². The maximum atomic E-state index is 13.0. The molecule has 0 aliphatic heterocycles. The third-order valence-electron chi connectivity index (χ3n) is 2.47. The fraction of sp³-hybridized carbons (Fsp3) is 0.0769. The number of carbonyl (C=O) groups excluding carboxylic acids is 1. The van der Waals surface area contributed by atoms with Gasteiger partial charge in [0.05, 0.1) is 11.0 Å². The SMILES string of the molecule is CC(=O)c1ccnc(Oc2ccc(F)cc2[N+](=O)[O-])c1. The van der Waals surface area contributed by atoms with Gasteiger partial charge in [-0.1, -0.05) is 0 Å². The van der Waals surface area contributed by atoms with Crippen LogP contribution in [0.1, 0.15) is 17.3 Å². The van der Waals surface area contributed by atoms with Crippen LogP contribution in [-0.4, -0.2) is 15.7 Å². The van der Waals surface area contributed by atoms with E-state index in [1.54, 1.807) is 0 Å². The molecule has 2 rings (SSSR count). The molecule has 0 N–H and O–H groups in total. The first-order valence-electron chi connectivity index (χ1n) is 5.56. The Morgan fingerprint density at radius 3 is 2.75 bits per heavy atom. The molecule has 1 heterocycles. The third kappa shape index (κ3) is 2.94. The fourth-order valence-electron chi connectivity index (χ4n) is 1.52. The summed E-state index contributed by atoms with van der Waals surface area (Å²) in [4.78, 5) is 25.1. The van der Waals surface area contributed by atoms with Gasteiger partial charge in [-0.2, -0.15) is 0 Å². The van der Waals surface area contributed by atoms with Gasteiger partial charge in [-0.25, -0.2) is 9.37 Å². The van der Waals surface area contributed by atoms with Crippen LogP contribution in [0.15, 0.2) is 36.5 Å². The van der Waals surface area contributed by atoms with Crippen LogP contribution >= 0.6 is 0 Å². The molecular formula is C13H9FN2O4. The van der Waals surface area contributed by atoms with Gasteiger partial charge in [0.25, 0.3) is 0 Å². The van der Waals surface area contributed by atoms with Gasteiger partial charge in [0.1, 0.15) is 5.82 Å². The van der Waals surface area contributed by atoms with E-state index in [4.69, 9.17) is 4.74 Å². The molecule has 0 aliphatic rings. The zero-order chi connectivity index (χ0) is 14.7. The summed E-state index contributed by atoms with van der Waals surface area (Å²) in [5.74, 6) is -1.06. The molecule has 0 bridgehead atoms. The van der Waals surface area contributed by atoms with Gasteiger partial charge in [-0.05, 0) is 25.1 Å². The van der Waals surface area contributed by atoms with Crippen molar-refractivity contribution in [3.8, 4) is 11.6 Å². The monoisotopic (exact) mass is 276 g/mol. The maximum absolute atomic E-state index is 13.0. The van der Waals surface area contributed by atoms with Crippen molar-refractivity contribution in [1.82, 2.24) is 4.98 Å². The van der Waals surface area contributed by atoms with Crippen molar-refractivity contribution >= 4 is 11.5 Å². The second-order valence-electron chi connectivity index (χ2n) is 3.91. The summed E-state index contributed by atoms with van der Waals surface area (Å²) in [5.41, 5.74) is -0.153. The lowest BCUT2D eigenvalue weighted by atomic mass is 10.2. The number of nitro groups is 1. The second kappa shape index (κ2) is 5.43. The van der Waals surface area contributed by atoms with E-state index in [0.29, 0.717) is 5.56 Å². The molecule has 1 aromatic heterocycles. The fourth-order valence-corrected chi connectivity index (χ4v) is 1.52. The van der Waals surface area contributed by atoms with Gasteiger partial charge in [0.15, 0.2) is 5.78 Å². The summed E-state index contributed by atoms with van der Waals surface area (Å²) in [5, 5.41) is 10.8. The highest BCUT2D eigenvalue weighted by molar-refractivity contribution is 5.94. The Balaban J connectivity index is 2.37. The van der Waals surface area contributed by atoms with Crippen molar-refractivity contribution in [2.24, 2.45) is 0 Å². The van der Waals surface area contributed by atoms with Crippen molar-refractivity contribution in [3.05, 3.63) is 58.0 Å². The van der Waals surface area contributed by atoms with E-state index in [1.165, 1.54) is 25.3 Å². The summed E-state index contributed by atoms with van der Waals surface area (Å²) < 4.78 is 18.2. The molecule has 0 fully saturated rings. The van der Waals surface area contributed by atoms with E-state index >= 15 is 0 Å². The molecule has 6 nitrogen and oxygen atoms in total. The highest BCUT2D eigenvalue weighted by atomic mass is 19.1. The van der Waals surface area contributed by atoms with E-state index in [9.17, 15) is 19.3 Å². The van der Waals surface area contributed by atoms with Crippen LogP contribution in [0, 0.1) is 15.9 Å². The normalized spacial score (nSPS) is 10.1. The van der Waals surface area contributed by atoms with Gasteiger partial charge in [0.2, 0.25) is 11.6 Å². The number of ketones is 1. The van der Waals surface area contributed by atoms with Gasteiger partial charge in [-0.3, -0.25) is 14.9 Å². The molecule has 102 valence electrons. The lowest BCUT2D eigenvalue weighted by molar-refractivity contribution is -0.385. The number of nitro benzene ring substituents is 1. The minimum atomic E-state index is -0.757. The minimum absolute atomic E-state index is 0.0207. The Hall–Kier alpha value is -2.83. The van der Waals surface area contributed by atoms with E-state index < -0.39 is 16.4 Å². The molecule has 0 radical (unpaired) electrons. The van der Waals surface area contributed by atoms with Crippen molar-refractivity contribution in [2.45, 2.75) is 6.92 Å².